The minimum atomic E-state index is -0.935. The topological polar surface area (TPSA) is 113 Å². The van der Waals surface area contributed by atoms with Crippen LogP contribution in [0.2, 0.25) is 0 Å². The van der Waals surface area contributed by atoms with Crippen molar-refractivity contribution in [2.75, 3.05) is 13.7 Å². The van der Waals surface area contributed by atoms with Gasteiger partial charge in [-0.1, -0.05) is 25.6 Å². The first-order chi connectivity index (χ1) is 11.2. The summed E-state index contributed by atoms with van der Waals surface area (Å²) in [5.74, 6) is -0.294. The molecular formula is C15H25N5O3S. The Balaban J connectivity index is 2.78. The highest BCUT2D eigenvalue weighted by atomic mass is 32.2. The highest BCUT2D eigenvalue weighted by Gasteiger charge is 2.32. The van der Waals surface area contributed by atoms with Crippen molar-refractivity contribution in [3.63, 3.8) is 0 Å². The maximum atomic E-state index is 12.4. The lowest BCUT2D eigenvalue weighted by Gasteiger charge is -2.28. The summed E-state index contributed by atoms with van der Waals surface area (Å²) in [6.07, 6.45) is 0.671. The smallest absolute Gasteiger partial charge is 0.343 e. The molecule has 0 radical (unpaired) electrons. The fourth-order valence-electron chi connectivity index (χ4n) is 1.83. The van der Waals surface area contributed by atoms with Crippen LogP contribution in [0.4, 0.5) is 0 Å². The molecule has 0 aliphatic rings. The fourth-order valence-corrected chi connectivity index (χ4v) is 2.71. The van der Waals surface area contributed by atoms with Crippen LogP contribution in [0, 0.1) is 17.2 Å². The average Bonchev–Trinajstić information content (AvgIpc) is 2.87. The quantitative estimate of drug-likeness (QED) is 0.507. The molecule has 0 aliphatic heterocycles. The van der Waals surface area contributed by atoms with Crippen molar-refractivity contribution < 1.29 is 9.53 Å². The van der Waals surface area contributed by atoms with Crippen LogP contribution in [0.3, 0.4) is 0 Å². The van der Waals surface area contributed by atoms with E-state index in [0.29, 0.717) is 24.7 Å². The molecule has 1 heterocycles. The number of nitriles is 1. The standard InChI is InChI=1S/C15H25N5O3S/c1-10(2)15(4,9-16)17-12(21)11(3)24-14-19-18-13(22)20(14)7-6-8-23-5/h10-11H,6-8H2,1-5H3,(H,17,21)(H,18,22). The minimum absolute atomic E-state index is 0.0266. The largest absolute Gasteiger partial charge is 0.385 e. The molecule has 24 heavy (non-hydrogen) atoms. The zero-order chi connectivity index (χ0) is 18.3. The first kappa shape index (κ1) is 20.3. The third-order valence-electron chi connectivity index (χ3n) is 3.87. The summed E-state index contributed by atoms with van der Waals surface area (Å²) in [4.78, 5) is 24.2. The lowest BCUT2D eigenvalue weighted by atomic mass is 9.90. The van der Waals surface area contributed by atoms with Gasteiger partial charge >= 0.3 is 5.69 Å². The van der Waals surface area contributed by atoms with Crippen LogP contribution in [0.1, 0.15) is 34.1 Å². The highest BCUT2D eigenvalue weighted by Crippen LogP contribution is 2.22. The molecule has 2 unspecified atom stereocenters. The van der Waals surface area contributed by atoms with Crippen LogP contribution in [-0.2, 0) is 16.1 Å². The number of nitrogens with zero attached hydrogens (tertiary/aromatic N) is 3. The van der Waals surface area contributed by atoms with Gasteiger partial charge in [0.2, 0.25) is 5.91 Å². The molecule has 0 aromatic carbocycles. The number of carbonyl (C=O) groups is 1. The molecule has 0 fully saturated rings. The average molecular weight is 355 g/mol. The molecule has 0 saturated heterocycles. The molecule has 8 nitrogen and oxygen atoms in total. The molecule has 0 spiro atoms. The number of nitrogens with one attached hydrogen (secondary N) is 2. The summed E-state index contributed by atoms with van der Waals surface area (Å²) >= 11 is 1.18. The molecule has 2 atom stereocenters. The lowest BCUT2D eigenvalue weighted by Crippen LogP contribution is -2.51. The van der Waals surface area contributed by atoms with Gasteiger partial charge in [-0.2, -0.15) is 5.26 Å². The molecular weight excluding hydrogens is 330 g/mol. The number of hydrogen-bond acceptors (Lipinski definition) is 6. The summed E-state index contributed by atoms with van der Waals surface area (Å²) < 4.78 is 6.47. The second-order valence-corrected chi connectivity index (χ2v) is 7.34. The number of H-pyrrole nitrogens is 1. The van der Waals surface area contributed by atoms with Crippen LogP contribution < -0.4 is 11.0 Å². The van der Waals surface area contributed by atoms with Gasteiger partial charge in [-0.25, -0.2) is 9.89 Å². The maximum Gasteiger partial charge on any atom is 0.343 e. The third kappa shape index (κ3) is 5.11. The molecule has 2 N–H and O–H groups in total. The normalized spacial score (nSPS) is 14.9. The van der Waals surface area contributed by atoms with E-state index in [1.165, 1.54) is 16.3 Å². The van der Waals surface area contributed by atoms with E-state index in [-0.39, 0.29) is 17.5 Å². The van der Waals surface area contributed by atoms with Crippen molar-refractivity contribution in [3.8, 4) is 6.07 Å². The number of aromatic nitrogens is 3. The molecule has 1 aromatic heterocycles. The Morgan fingerprint density at radius 3 is 2.75 bits per heavy atom. The SMILES string of the molecule is COCCCn1c(SC(C)C(=O)NC(C)(C#N)C(C)C)n[nH]c1=O. The van der Waals surface area contributed by atoms with E-state index in [4.69, 9.17) is 4.74 Å². The zero-order valence-corrected chi connectivity index (χ0v) is 15.6. The molecule has 1 amide bonds. The van der Waals surface area contributed by atoms with E-state index in [0.717, 1.165) is 0 Å². The van der Waals surface area contributed by atoms with Gasteiger partial charge in [0.1, 0.15) is 5.54 Å². The van der Waals surface area contributed by atoms with E-state index in [2.05, 4.69) is 21.6 Å². The Bertz CT molecular complexity index is 648. The Hall–Kier alpha value is -1.79. The second kappa shape index (κ2) is 8.89. The molecule has 1 aromatic rings. The Kier molecular flexibility index (Phi) is 7.51. The van der Waals surface area contributed by atoms with Gasteiger partial charge in [-0.15, -0.1) is 5.10 Å². The van der Waals surface area contributed by atoms with E-state index in [9.17, 15) is 14.9 Å². The Labute approximate surface area is 146 Å². The number of aromatic amines is 1. The van der Waals surface area contributed by atoms with Crippen LogP contribution >= 0.6 is 11.8 Å². The van der Waals surface area contributed by atoms with E-state index >= 15 is 0 Å². The minimum Gasteiger partial charge on any atom is -0.385 e. The van der Waals surface area contributed by atoms with Crippen molar-refractivity contribution in [2.45, 2.75) is 56.6 Å². The van der Waals surface area contributed by atoms with Crippen molar-refractivity contribution in [3.05, 3.63) is 10.5 Å². The Morgan fingerprint density at radius 2 is 2.21 bits per heavy atom. The van der Waals surface area contributed by atoms with Crippen LogP contribution in [0.25, 0.3) is 0 Å². The molecule has 0 bridgehead atoms. The van der Waals surface area contributed by atoms with Crippen molar-refractivity contribution in [1.82, 2.24) is 20.1 Å². The summed E-state index contributed by atoms with van der Waals surface area (Å²) in [6, 6.07) is 2.15. The zero-order valence-electron chi connectivity index (χ0n) is 14.8. The summed E-state index contributed by atoms with van der Waals surface area (Å²) in [5.41, 5.74) is -1.25. The monoisotopic (exact) mass is 355 g/mol. The summed E-state index contributed by atoms with van der Waals surface area (Å²) in [7, 11) is 1.60. The second-order valence-electron chi connectivity index (χ2n) is 6.03. The van der Waals surface area contributed by atoms with Gasteiger partial charge in [0.15, 0.2) is 5.16 Å². The number of amides is 1. The van der Waals surface area contributed by atoms with Gasteiger partial charge in [0.05, 0.1) is 11.3 Å². The van der Waals surface area contributed by atoms with Crippen molar-refractivity contribution in [1.29, 1.82) is 5.26 Å². The first-order valence-electron chi connectivity index (χ1n) is 7.79. The maximum absolute atomic E-state index is 12.4. The highest BCUT2D eigenvalue weighted by molar-refractivity contribution is 8.00. The Morgan fingerprint density at radius 1 is 1.54 bits per heavy atom. The number of hydrogen-bond donors (Lipinski definition) is 2. The fraction of sp³-hybridized carbons (Fsp3) is 0.733. The molecule has 0 saturated carbocycles. The van der Waals surface area contributed by atoms with Crippen molar-refractivity contribution in [2.24, 2.45) is 5.92 Å². The lowest BCUT2D eigenvalue weighted by molar-refractivity contribution is -0.121. The van der Waals surface area contributed by atoms with Crippen LogP contribution in [-0.4, -0.2) is 45.2 Å². The predicted molar refractivity (Wildman–Crippen MR) is 91.7 cm³/mol. The van der Waals surface area contributed by atoms with Gasteiger partial charge < -0.3 is 10.1 Å². The van der Waals surface area contributed by atoms with Gasteiger partial charge in [-0.3, -0.25) is 9.36 Å². The molecule has 0 aliphatic carbocycles. The first-order valence-corrected chi connectivity index (χ1v) is 8.67. The molecule has 1 rings (SSSR count). The van der Waals surface area contributed by atoms with Gasteiger partial charge in [0, 0.05) is 20.3 Å². The van der Waals surface area contributed by atoms with E-state index in [1.54, 1.807) is 21.0 Å². The third-order valence-corrected chi connectivity index (χ3v) is 4.96. The molecule has 134 valence electrons. The summed E-state index contributed by atoms with van der Waals surface area (Å²) in [6.45, 7) is 8.17. The van der Waals surface area contributed by atoms with E-state index in [1.807, 2.05) is 13.8 Å². The number of rotatable bonds is 9. The van der Waals surface area contributed by atoms with Crippen LogP contribution in [0.5, 0.6) is 0 Å². The number of ether oxygens (including phenoxy) is 1. The number of thioether (sulfide) groups is 1. The van der Waals surface area contributed by atoms with Gasteiger partial charge in [-0.05, 0) is 26.2 Å². The predicted octanol–water partition coefficient (Wildman–Crippen LogP) is 1.14. The van der Waals surface area contributed by atoms with Crippen LogP contribution in [0.15, 0.2) is 9.95 Å². The van der Waals surface area contributed by atoms with Gasteiger partial charge in [0.25, 0.3) is 0 Å². The van der Waals surface area contributed by atoms with Crippen molar-refractivity contribution >= 4 is 17.7 Å². The van der Waals surface area contributed by atoms with E-state index < -0.39 is 10.8 Å². The molecule has 9 heteroatoms. The number of methoxy groups -OCH3 is 1. The number of carbonyl (C=O) groups excluding carboxylic acids is 1. The summed E-state index contributed by atoms with van der Waals surface area (Å²) in [5, 5.41) is 18.4.